The summed E-state index contributed by atoms with van der Waals surface area (Å²) in [6.45, 7) is 6.44. The molecule has 242 valence electrons. The van der Waals surface area contributed by atoms with Gasteiger partial charge in [-0.3, -0.25) is 13.9 Å². The van der Waals surface area contributed by atoms with Crippen molar-refractivity contribution in [1.29, 1.82) is 0 Å². The van der Waals surface area contributed by atoms with Crippen LogP contribution < -0.4 is 14.4 Å². The monoisotopic (exact) mass is 641 g/mol. The van der Waals surface area contributed by atoms with E-state index in [1.807, 2.05) is 75.4 Å². The Kier molecular flexibility index (Phi) is 12.4. The van der Waals surface area contributed by atoms with E-state index in [0.717, 1.165) is 33.8 Å². The summed E-state index contributed by atoms with van der Waals surface area (Å²) < 4.78 is 34.9. The molecule has 0 heterocycles. The number of ether oxygens (including phenoxy) is 1. The summed E-state index contributed by atoms with van der Waals surface area (Å²) in [5, 5.41) is 3.02. The number of nitrogens with zero attached hydrogens (tertiary/aromatic N) is 2. The number of hydrogen-bond donors (Lipinski definition) is 1. The molecule has 0 saturated carbocycles. The number of hydrogen-bond acceptors (Lipinski definition) is 5. The highest BCUT2D eigenvalue weighted by Crippen LogP contribution is 2.27. The lowest BCUT2D eigenvalue weighted by atomic mass is 10.0. The van der Waals surface area contributed by atoms with Crippen LogP contribution in [0.4, 0.5) is 5.69 Å². The van der Waals surface area contributed by atoms with Crippen molar-refractivity contribution in [3.05, 3.63) is 126 Å². The summed E-state index contributed by atoms with van der Waals surface area (Å²) in [7, 11) is -4.17. The van der Waals surface area contributed by atoms with Gasteiger partial charge in [0.1, 0.15) is 18.3 Å². The zero-order valence-corrected chi connectivity index (χ0v) is 27.6. The molecule has 0 radical (unpaired) electrons. The number of nitrogens with one attached hydrogen (secondary N) is 1. The van der Waals surface area contributed by atoms with E-state index in [9.17, 15) is 18.0 Å². The molecule has 1 N–H and O–H groups in total. The Morgan fingerprint density at radius 3 is 2.11 bits per heavy atom. The van der Waals surface area contributed by atoms with Crippen LogP contribution in [-0.4, -0.2) is 50.9 Å². The fourth-order valence-electron chi connectivity index (χ4n) is 5.19. The van der Waals surface area contributed by atoms with Crippen molar-refractivity contribution in [3.8, 4) is 5.75 Å². The molecule has 0 saturated heterocycles. The molecule has 0 aliphatic heterocycles. The summed E-state index contributed by atoms with van der Waals surface area (Å²) in [6, 6.07) is 31.1. The lowest BCUT2D eigenvalue weighted by Crippen LogP contribution is -2.53. The van der Waals surface area contributed by atoms with Gasteiger partial charge >= 0.3 is 0 Å². The Labute approximate surface area is 273 Å². The molecule has 2 amide bonds. The first-order chi connectivity index (χ1) is 22.2. The Morgan fingerprint density at radius 1 is 0.826 bits per heavy atom. The van der Waals surface area contributed by atoms with Gasteiger partial charge in [-0.05, 0) is 67.8 Å². The number of amides is 2. The summed E-state index contributed by atoms with van der Waals surface area (Å²) in [5.74, 6) is -0.194. The van der Waals surface area contributed by atoms with Gasteiger partial charge in [-0.25, -0.2) is 8.42 Å². The standard InChI is InChI=1S/C37H43N3O5S/c1-4-6-24-38-37(42)35(26-30-15-9-7-10-16-30)39(27-31-17-13-14-29(3)25-31)36(41)28-40(32-20-22-33(23-21-32)45-5-2)46(43,44)34-18-11-8-12-19-34/h7-23,25,35H,4-6,24,26-28H2,1-3H3,(H,38,42)/t35-/m1/s1. The van der Waals surface area contributed by atoms with Crippen molar-refractivity contribution >= 4 is 27.5 Å². The number of rotatable bonds is 16. The van der Waals surface area contributed by atoms with E-state index in [-0.39, 0.29) is 23.8 Å². The van der Waals surface area contributed by atoms with Crippen LogP contribution in [0, 0.1) is 6.92 Å². The van der Waals surface area contributed by atoms with Crippen LogP contribution in [0.25, 0.3) is 0 Å². The first-order valence-electron chi connectivity index (χ1n) is 15.7. The molecule has 0 aromatic heterocycles. The molecule has 0 aliphatic carbocycles. The highest BCUT2D eigenvalue weighted by Gasteiger charge is 2.34. The first kappa shape index (κ1) is 34.2. The van der Waals surface area contributed by atoms with Crippen LogP contribution in [-0.2, 0) is 32.6 Å². The second kappa shape index (κ2) is 16.6. The van der Waals surface area contributed by atoms with Crippen LogP contribution in [0.1, 0.15) is 43.4 Å². The maximum Gasteiger partial charge on any atom is 0.264 e. The van der Waals surface area contributed by atoms with Gasteiger partial charge < -0.3 is 15.0 Å². The molecule has 4 aromatic carbocycles. The predicted molar refractivity (Wildman–Crippen MR) is 182 cm³/mol. The van der Waals surface area contributed by atoms with E-state index in [1.165, 1.54) is 17.0 Å². The number of unbranched alkanes of at least 4 members (excludes halogenated alkanes) is 1. The molecular weight excluding hydrogens is 598 g/mol. The highest BCUT2D eigenvalue weighted by atomic mass is 32.2. The zero-order valence-electron chi connectivity index (χ0n) is 26.8. The van der Waals surface area contributed by atoms with Gasteiger partial charge in [-0.2, -0.15) is 0 Å². The minimum Gasteiger partial charge on any atom is -0.494 e. The van der Waals surface area contributed by atoms with Crippen molar-refractivity contribution in [1.82, 2.24) is 10.2 Å². The van der Waals surface area contributed by atoms with Crippen molar-refractivity contribution in [2.24, 2.45) is 0 Å². The fourth-order valence-corrected chi connectivity index (χ4v) is 6.63. The lowest BCUT2D eigenvalue weighted by molar-refractivity contribution is -0.140. The highest BCUT2D eigenvalue weighted by molar-refractivity contribution is 7.92. The topological polar surface area (TPSA) is 96.0 Å². The SMILES string of the molecule is CCCCNC(=O)[C@@H](Cc1ccccc1)N(Cc1cccc(C)c1)C(=O)CN(c1ccc(OCC)cc1)S(=O)(=O)c1ccccc1. The minimum absolute atomic E-state index is 0.0556. The second-order valence-corrected chi connectivity index (χ2v) is 13.0. The van der Waals surface area contributed by atoms with E-state index in [2.05, 4.69) is 5.32 Å². The molecule has 0 bridgehead atoms. The summed E-state index contributed by atoms with van der Waals surface area (Å²) in [6.07, 6.45) is 1.98. The van der Waals surface area contributed by atoms with E-state index in [1.54, 1.807) is 42.5 Å². The van der Waals surface area contributed by atoms with E-state index < -0.39 is 28.5 Å². The van der Waals surface area contributed by atoms with Crippen LogP contribution in [0.5, 0.6) is 5.75 Å². The Bertz CT molecular complexity index is 1660. The van der Waals surface area contributed by atoms with Gasteiger partial charge in [-0.15, -0.1) is 0 Å². The average molecular weight is 642 g/mol. The molecule has 0 fully saturated rings. The number of carbonyl (C=O) groups is 2. The average Bonchev–Trinajstić information content (AvgIpc) is 3.06. The van der Waals surface area contributed by atoms with Gasteiger partial charge in [0.15, 0.2) is 0 Å². The minimum atomic E-state index is -4.17. The number of anilines is 1. The number of sulfonamides is 1. The van der Waals surface area contributed by atoms with Crippen molar-refractivity contribution < 1.29 is 22.7 Å². The Hall–Kier alpha value is -4.63. The zero-order chi connectivity index (χ0) is 32.9. The van der Waals surface area contributed by atoms with Crippen LogP contribution >= 0.6 is 0 Å². The quantitative estimate of drug-likeness (QED) is 0.148. The Balaban J connectivity index is 1.78. The van der Waals surface area contributed by atoms with Gasteiger partial charge in [0.2, 0.25) is 11.8 Å². The largest absolute Gasteiger partial charge is 0.494 e. The molecule has 9 heteroatoms. The predicted octanol–water partition coefficient (Wildman–Crippen LogP) is 6.15. The molecule has 46 heavy (non-hydrogen) atoms. The van der Waals surface area contributed by atoms with E-state index >= 15 is 0 Å². The smallest absolute Gasteiger partial charge is 0.264 e. The molecule has 1 atom stereocenters. The molecule has 4 aromatic rings. The van der Waals surface area contributed by atoms with Gasteiger partial charge in [-0.1, -0.05) is 91.7 Å². The van der Waals surface area contributed by atoms with Gasteiger partial charge in [0.25, 0.3) is 10.0 Å². The van der Waals surface area contributed by atoms with Crippen LogP contribution in [0.2, 0.25) is 0 Å². The first-order valence-corrected chi connectivity index (χ1v) is 17.1. The normalized spacial score (nSPS) is 11.8. The molecule has 4 rings (SSSR count). The maximum atomic E-state index is 14.5. The molecule has 0 aliphatic rings. The van der Waals surface area contributed by atoms with Gasteiger partial charge in [0, 0.05) is 19.5 Å². The third kappa shape index (κ3) is 9.20. The van der Waals surface area contributed by atoms with Gasteiger partial charge in [0.05, 0.1) is 17.2 Å². The van der Waals surface area contributed by atoms with Crippen LogP contribution in [0.15, 0.2) is 114 Å². The number of benzene rings is 4. The molecule has 8 nitrogen and oxygen atoms in total. The maximum absolute atomic E-state index is 14.5. The molecule has 0 spiro atoms. The van der Waals surface area contributed by atoms with E-state index in [0.29, 0.717) is 24.6 Å². The number of carbonyl (C=O) groups excluding carboxylic acids is 2. The summed E-state index contributed by atoms with van der Waals surface area (Å²) >= 11 is 0. The third-order valence-corrected chi connectivity index (χ3v) is 9.37. The van der Waals surface area contributed by atoms with Crippen LogP contribution in [0.3, 0.4) is 0 Å². The fraction of sp³-hybridized carbons (Fsp3) is 0.297. The third-order valence-electron chi connectivity index (χ3n) is 7.58. The number of aryl methyl sites for hydroxylation is 1. The van der Waals surface area contributed by atoms with Crippen molar-refractivity contribution in [3.63, 3.8) is 0 Å². The molecular formula is C37H43N3O5S. The Morgan fingerprint density at radius 2 is 1.48 bits per heavy atom. The lowest BCUT2D eigenvalue weighted by Gasteiger charge is -2.34. The van der Waals surface area contributed by atoms with E-state index in [4.69, 9.17) is 4.74 Å². The molecule has 0 unspecified atom stereocenters. The summed E-state index contributed by atoms with van der Waals surface area (Å²) in [5.41, 5.74) is 3.05. The second-order valence-electron chi connectivity index (χ2n) is 11.1. The van der Waals surface area contributed by atoms with Crippen molar-refractivity contribution in [2.45, 2.75) is 57.5 Å². The summed E-state index contributed by atoms with van der Waals surface area (Å²) in [4.78, 5) is 30.0. The van der Waals surface area contributed by atoms with Crippen molar-refractivity contribution in [2.75, 3.05) is 24.0 Å².